The summed E-state index contributed by atoms with van der Waals surface area (Å²) in [6.45, 7) is 2.59. The zero-order chi connectivity index (χ0) is 15.4. The number of anilines is 1. The van der Waals surface area contributed by atoms with Crippen LogP contribution in [0, 0.1) is 5.92 Å². The second-order valence-corrected chi connectivity index (χ2v) is 6.76. The van der Waals surface area contributed by atoms with Gasteiger partial charge in [-0.3, -0.25) is 0 Å². The van der Waals surface area contributed by atoms with Crippen LogP contribution in [-0.4, -0.2) is 26.4 Å². The lowest BCUT2D eigenvalue weighted by molar-refractivity contribution is -0.0436. The minimum absolute atomic E-state index is 0.311. The summed E-state index contributed by atoms with van der Waals surface area (Å²) in [6, 6.07) is 4.51. The van der Waals surface area contributed by atoms with Crippen molar-refractivity contribution in [2.45, 2.75) is 23.7 Å². The molecule has 20 heavy (non-hydrogen) atoms. The van der Waals surface area contributed by atoms with Crippen LogP contribution in [0.1, 0.15) is 13.3 Å². The van der Waals surface area contributed by atoms with E-state index >= 15 is 0 Å². The van der Waals surface area contributed by atoms with E-state index in [9.17, 15) is 21.6 Å². The van der Waals surface area contributed by atoms with Crippen molar-refractivity contribution in [1.29, 1.82) is 0 Å². The van der Waals surface area contributed by atoms with E-state index in [2.05, 4.69) is 5.32 Å². The zero-order valence-electron chi connectivity index (χ0n) is 10.7. The Morgan fingerprint density at radius 1 is 1.25 bits per heavy atom. The molecular weight excluding hydrogens is 315 g/mol. The van der Waals surface area contributed by atoms with Gasteiger partial charge in [0.05, 0.1) is 4.90 Å². The summed E-state index contributed by atoms with van der Waals surface area (Å²) >= 11 is 5.59. The summed E-state index contributed by atoms with van der Waals surface area (Å²) < 4.78 is 59.3. The van der Waals surface area contributed by atoms with E-state index in [0.717, 1.165) is 18.6 Å². The number of rotatable bonds is 6. The van der Waals surface area contributed by atoms with Crippen molar-refractivity contribution in [3.63, 3.8) is 0 Å². The van der Waals surface area contributed by atoms with Gasteiger partial charge in [0.15, 0.2) is 0 Å². The van der Waals surface area contributed by atoms with Gasteiger partial charge in [-0.25, -0.2) is 8.42 Å². The van der Waals surface area contributed by atoms with Gasteiger partial charge < -0.3 is 5.32 Å². The Balaban J connectivity index is 2.75. The van der Waals surface area contributed by atoms with E-state index < -0.39 is 20.2 Å². The molecule has 0 heterocycles. The smallest absolute Gasteiger partial charge is 0.385 e. The molecule has 0 aliphatic heterocycles. The Morgan fingerprint density at radius 3 is 2.25 bits per heavy atom. The molecule has 0 saturated heterocycles. The fourth-order valence-electron chi connectivity index (χ4n) is 1.47. The third-order valence-corrected chi connectivity index (χ3v) is 4.45. The van der Waals surface area contributed by atoms with Crippen LogP contribution in [0.15, 0.2) is 29.2 Å². The summed E-state index contributed by atoms with van der Waals surface area (Å²) in [5.74, 6) is 0.845. The van der Waals surface area contributed by atoms with Gasteiger partial charge in [-0.05, 0) is 36.6 Å². The Morgan fingerprint density at radius 2 is 1.80 bits per heavy atom. The van der Waals surface area contributed by atoms with Gasteiger partial charge in [-0.2, -0.15) is 13.2 Å². The zero-order valence-corrected chi connectivity index (χ0v) is 12.3. The molecule has 0 aliphatic rings. The normalized spacial score (nSPS) is 14.1. The van der Waals surface area contributed by atoms with Crippen LogP contribution in [0.5, 0.6) is 0 Å². The van der Waals surface area contributed by atoms with Gasteiger partial charge in [0.1, 0.15) is 0 Å². The monoisotopic (exact) mass is 329 g/mol. The summed E-state index contributed by atoms with van der Waals surface area (Å²) in [7, 11) is -5.28. The van der Waals surface area contributed by atoms with Gasteiger partial charge in [-0.1, -0.05) is 6.92 Å². The number of nitrogens with one attached hydrogen (secondary N) is 1. The Kier molecular flexibility index (Phi) is 5.70. The maximum Gasteiger partial charge on any atom is 0.501 e. The first-order chi connectivity index (χ1) is 9.18. The Bertz CT molecular complexity index is 529. The van der Waals surface area contributed by atoms with Crippen molar-refractivity contribution < 1.29 is 21.6 Å². The van der Waals surface area contributed by atoms with Gasteiger partial charge in [-0.15, -0.1) is 11.6 Å². The molecule has 0 aliphatic carbocycles. The quantitative estimate of drug-likeness (QED) is 0.810. The molecule has 0 aromatic heterocycles. The van der Waals surface area contributed by atoms with Crippen LogP contribution in [0.4, 0.5) is 18.9 Å². The average Bonchev–Trinajstić information content (AvgIpc) is 2.36. The van der Waals surface area contributed by atoms with Crippen LogP contribution in [0.3, 0.4) is 0 Å². The van der Waals surface area contributed by atoms with Crippen LogP contribution in [-0.2, 0) is 9.84 Å². The Hall–Kier alpha value is -0.950. The van der Waals surface area contributed by atoms with Crippen LogP contribution in [0.25, 0.3) is 0 Å². The average molecular weight is 330 g/mol. The fraction of sp³-hybridized carbons (Fsp3) is 0.500. The minimum atomic E-state index is -5.28. The van der Waals surface area contributed by atoms with Gasteiger partial charge in [0.25, 0.3) is 9.84 Å². The van der Waals surface area contributed by atoms with Crippen molar-refractivity contribution in [2.24, 2.45) is 5.92 Å². The molecule has 8 heteroatoms. The molecule has 1 atom stereocenters. The third-order valence-electron chi connectivity index (χ3n) is 2.73. The highest BCUT2D eigenvalue weighted by molar-refractivity contribution is 7.92. The number of sulfone groups is 1. The molecule has 0 fully saturated rings. The highest BCUT2D eigenvalue weighted by Crippen LogP contribution is 2.30. The van der Waals surface area contributed by atoms with E-state index in [0.29, 0.717) is 24.0 Å². The Labute approximate surface area is 121 Å². The van der Waals surface area contributed by atoms with E-state index in [1.807, 2.05) is 6.92 Å². The standard InChI is InChI=1S/C12H15ClF3NO2S/c1-9(6-7-13)8-17-10-2-4-11(5-3-10)20(18,19)12(14,15)16/h2-5,9,17H,6-8H2,1H3. The first-order valence-corrected chi connectivity index (χ1v) is 7.91. The minimum Gasteiger partial charge on any atom is -0.385 e. The second kappa shape index (κ2) is 6.67. The lowest BCUT2D eigenvalue weighted by Crippen LogP contribution is -2.23. The SMILES string of the molecule is CC(CCCl)CNc1ccc(S(=O)(=O)C(F)(F)F)cc1. The predicted octanol–water partition coefficient (Wildman–Crippen LogP) is 3.66. The summed E-state index contributed by atoms with van der Waals surface area (Å²) in [6.07, 6.45) is 0.815. The van der Waals surface area contributed by atoms with E-state index in [4.69, 9.17) is 11.6 Å². The summed E-state index contributed by atoms with van der Waals surface area (Å²) in [4.78, 5) is -0.760. The van der Waals surface area contributed by atoms with Crippen molar-refractivity contribution in [2.75, 3.05) is 17.7 Å². The largest absolute Gasteiger partial charge is 0.501 e. The number of hydrogen-bond acceptors (Lipinski definition) is 3. The number of halogens is 4. The van der Waals surface area contributed by atoms with E-state index in [-0.39, 0.29) is 0 Å². The van der Waals surface area contributed by atoms with Crippen molar-refractivity contribution >= 4 is 27.1 Å². The molecule has 1 aromatic carbocycles. The van der Waals surface area contributed by atoms with Crippen molar-refractivity contribution in [1.82, 2.24) is 0 Å². The molecule has 0 radical (unpaired) electrons. The summed E-state index contributed by atoms with van der Waals surface area (Å²) in [5, 5.41) is 3.01. The van der Waals surface area contributed by atoms with Crippen molar-refractivity contribution in [3.05, 3.63) is 24.3 Å². The number of benzene rings is 1. The lowest BCUT2D eigenvalue weighted by Gasteiger charge is -2.13. The van der Waals surface area contributed by atoms with Crippen molar-refractivity contribution in [3.8, 4) is 0 Å². The molecule has 0 amide bonds. The first kappa shape index (κ1) is 17.1. The molecule has 1 unspecified atom stereocenters. The molecule has 1 aromatic rings. The molecule has 3 nitrogen and oxygen atoms in total. The molecule has 114 valence electrons. The van der Waals surface area contributed by atoms with Crippen LogP contribution >= 0.6 is 11.6 Å². The first-order valence-electron chi connectivity index (χ1n) is 5.89. The van der Waals surface area contributed by atoms with Crippen LogP contribution in [0.2, 0.25) is 0 Å². The second-order valence-electron chi connectivity index (χ2n) is 4.44. The number of alkyl halides is 4. The lowest BCUT2D eigenvalue weighted by atomic mass is 10.1. The number of hydrogen-bond donors (Lipinski definition) is 1. The fourth-order valence-corrected chi connectivity index (χ4v) is 2.60. The highest BCUT2D eigenvalue weighted by atomic mass is 35.5. The maximum atomic E-state index is 12.3. The van der Waals surface area contributed by atoms with Crippen LogP contribution < -0.4 is 5.32 Å². The molecule has 1 N–H and O–H groups in total. The topological polar surface area (TPSA) is 46.2 Å². The molecule has 1 rings (SSSR count). The molecular formula is C12H15ClF3NO2S. The van der Waals surface area contributed by atoms with Gasteiger partial charge >= 0.3 is 5.51 Å². The van der Waals surface area contributed by atoms with E-state index in [1.54, 1.807) is 0 Å². The maximum absolute atomic E-state index is 12.3. The summed E-state index contributed by atoms with van der Waals surface area (Å²) in [5.41, 5.74) is -4.72. The highest BCUT2D eigenvalue weighted by Gasteiger charge is 2.46. The molecule has 0 saturated carbocycles. The van der Waals surface area contributed by atoms with E-state index in [1.165, 1.54) is 12.1 Å². The van der Waals surface area contributed by atoms with Gasteiger partial charge in [0.2, 0.25) is 0 Å². The third kappa shape index (κ3) is 4.28. The van der Waals surface area contributed by atoms with Gasteiger partial charge in [0, 0.05) is 18.1 Å². The molecule has 0 spiro atoms. The predicted molar refractivity (Wildman–Crippen MR) is 72.7 cm³/mol. The molecule has 0 bridgehead atoms.